The molecule has 112 valence electrons. The largest absolute Gasteiger partial charge is 0.493 e. The summed E-state index contributed by atoms with van der Waals surface area (Å²) in [6.45, 7) is 0. The summed E-state index contributed by atoms with van der Waals surface area (Å²) in [5.41, 5.74) is 0.772. The van der Waals surface area contributed by atoms with Crippen LogP contribution < -0.4 is 15.0 Å². The Morgan fingerprint density at radius 1 is 1.05 bits per heavy atom. The van der Waals surface area contributed by atoms with Crippen molar-refractivity contribution in [1.82, 2.24) is 9.55 Å². The van der Waals surface area contributed by atoms with Crippen LogP contribution in [0.25, 0.3) is 16.6 Å². The van der Waals surface area contributed by atoms with Gasteiger partial charge in [-0.05, 0) is 30.3 Å². The van der Waals surface area contributed by atoms with Crippen LogP contribution in [0, 0.1) is 5.82 Å². The number of ether oxygens (including phenoxy) is 2. The zero-order valence-corrected chi connectivity index (χ0v) is 12.0. The molecule has 5 nitrogen and oxygen atoms in total. The van der Waals surface area contributed by atoms with Gasteiger partial charge in [0.05, 0.1) is 30.8 Å². The van der Waals surface area contributed by atoms with Gasteiger partial charge in [0.1, 0.15) is 12.1 Å². The maximum Gasteiger partial charge on any atom is 0.265 e. The summed E-state index contributed by atoms with van der Waals surface area (Å²) in [7, 11) is 3.02. The van der Waals surface area contributed by atoms with Gasteiger partial charge in [-0.25, -0.2) is 9.37 Å². The minimum atomic E-state index is -0.364. The van der Waals surface area contributed by atoms with E-state index in [0.29, 0.717) is 28.1 Å². The minimum Gasteiger partial charge on any atom is -0.493 e. The molecule has 0 aliphatic heterocycles. The normalized spacial score (nSPS) is 10.7. The number of hydrogen-bond donors (Lipinski definition) is 0. The Bertz CT molecular complexity index is 888. The van der Waals surface area contributed by atoms with Gasteiger partial charge >= 0.3 is 0 Å². The molecule has 0 atom stereocenters. The molecule has 0 N–H and O–H groups in total. The van der Waals surface area contributed by atoms with E-state index < -0.39 is 0 Å². The van der Waals surface area contributed by atoms with Gasteiger partial charge in [-0.3, -0.25) is 9.36 Å². The first-order valence-electron chi connectivity index (χ1n) is 6.53. The SMILES string of the molecule is COc1cc2ncn(-c3ccc(F)cc3)c(=O)c2cc1OC. The maximum atomic E-state index is 13.0. The Morgan fingerprint density at radius 2 is 1.68 bits per heavy atom. The molecule has 0 aliphatic rings. The first-order valence-corrected chi connectivity index (χ1v) is 6.53. The Morgan fingerprint density at radius 3 is 2.32 bits per heavy atom. The van der Waals surface area contributed by atoms with Crippen LogP contribution in [0.15, 0.2) is 47.5 Å². The summed E-state index contributed by atoms with van der Waals surface area (Å²) in [6, 6.07) is 8.85. The lowest BCUT2D eigenvalue weighted by atomic mass is 10.2. The molecule has 1 aromatic heterocycles. The number of rotatable bonds is 3. The lowest BCUT2D eigenvalue weighted by Crippen LogP contribution is -2.19. The Hall–Kier alpha value is -2.89. The molecule has 0 aliphatic carbocycles. The van der Waals surface area contributed by atoms with Gasteiger partial charge in [-0.15, -0.1) is 0 Å². The first-order chi connectivity index (χ1) is 10.6. The third-order valence-corrected chi connectivity index (χ3v) is 3.37. The van der Waals surface area contributed by atoms with Crippen LogP contribution in [-0.4, -0.2) is 23.8 Å². The van der Waals surface area contributed by atoms with E-state index in [4.69, 9.17) is 9.47 Å². The summed E-state index contributed by atoms with van der Waals surface area (Å²) >= 11 is 0. The Balaban J connectivity index is 2.25. The van der Waals surface area contributed by atoms with E-state index in [0.717, 1.165) is 0 Å². The molecule has 0 saturated carbocycles. The fourth-order valence-corrected chi connectivity index (χ4v) is 2.23. The van der Waals surface area contributed by atoms with E-state index in [2.05, 4.69) is 4.98 Å². The summed E-state index contributed by atoms with van der Waals surface area (Å²) in [4.78, 5) is 16.9. The third-order valence-electron chi connectivity index (χ3n) is 3.37. The fourth-order valence-electron chi connectivity index (χ4n) is 2.23. The predicted octanol–water partition coefficient (Wildman–Crippen LogP) is 2.54. The van der Waals surface area contributed by atoms with Crippen molar-refractivity contribution in [2.24, 2.45) is 0 Å². The van der Waals surface area contributed by atoms with Crippen LogP contribution in [0.5, 0.6) is 11.5 Å². The van der Waals surface area contributed by atoms with Crippen molar-refractivity contribution >= 4 is 10.9 Å². The molecule has 0 saturated heterocycles. The van der Waals surface area contributed by atoms with E-state index in [9.17, 15) is 9.18 Å². The Kier molecular flexibility index (Phi) is 3.50. The highest BCUT2D eigenvalue weighted by atomic mass is 19.1. The molecular weight excluding hydrogens is 287 g/mol. The van der Waals surface area contributed by atoms with Crippen LogP contribution in [0.2, 0.25) is 0 Å². The molecular formula is C16H13FN2O3. The van der Waals surface area contributed by atoms with Gasteiger partial charge in [0.2, 0.25) is 0 Å². The molecule has 0 unspecified atom stereocenters. The second-order valence-corrected chi connectivity index (χ2v) is 4.62. The first kappa shape index (κ1) is 14.1. The summed E-state index contributed by atoms with van der Waals surface area (Å²) < 4.78 is 24.8. The van der Waals surface area contributed by atoms with Gasteiger partial charge in [0.25, 0.3) is 5.56 Å². The van der Waals surface area contributed by atoms with Crippen molar-refractivity contribution < 1.29 is 13.9 Å². The Labute approximate surface area is 125 Å². The second-order valence-electron chi connectivity index (χ2n) is 4.62. The number of benzene rings is 2. The minimum absolute atomic E-state index is 0.266. The molecule has 0 radical (unpaired) electrons. The van der Waals surface area contributed by atoms with Crippen molar-refractivity contribution in [3.63, 3.8) is 0 Å². The number of fused-ring (bicyclic) bond motifs is 1. The summed E-state index contributed by atoms with van der Waals surface area (Å²) in [5, 5.41) is 0.393. The summed E-state index contributed by atoms with van der Waals surface area (Å²) in [5.74, 6) is 0.587. The third kappa shape index (κ3) is 2.28. The van der Waals surface area contributed by atoms with Crippen molar-refractivity contribution in [1.29, 1.82) is 0 Å². The highest BCUT2D eigenvalue weighted by molar-refractivity contribution is 5.82. The topological polar surface area (TPSA) is 53.4 Å². The van der Waals surface area contributed by atoms with E-state index >= 15 is 0 Å². The van der Waals surface area contributed by atoms with Crippen molar-refractivity contribution in [3.8, 4) is 17.2 Å². The average molecular weight is 300 g/mol. The van der Waals surface area contributed by atoms with E-state index in [1.165, 1.54) is 49.4 Å². The average Bonchev–Trinajstić information content (AvgIpc) is 2.55. The van der Waals surface area contributed by atoms with Gasteiger partial charge in [0, 0.05) is 6.07 Å². The molecule has 3 aromatic rings. The van der Waals surface area contributed by atoms with Crippen molar-refractivity contribution in [2.45, 2.75) is 0 Å². The van der Waals surface area contributed by atoms with Gasteiger partial charge < -0.3 is 9.47 Å². The molecule has 3 rings (SSSR count). The van der Waals surface area contributed by atoms with Crippen LogP contribution in [0.1, 0.15) is 0 Å². The lowest BCUT2D eigenvalue weighted by Gasteiger charge is -2.10. The zero-order valence-electron chi connectivity index (χ0n) is 12.0. The molecule has 0 spiro atoms. The molecule has 1 heterocycles. The van der Waals surface area contributed by atoms with E-state index in [-0.39, 0.29) is 11.4 Å². The second kappa shape index (κ2) is 5.48. The lowest BCUT2D eigenvalue weighted by molar-refractivity contribution is 0.355. The predicted molar refractivity (Wildman–Crippen MR) is 80.4 cm³/mol. The quantitative estimate of drug-likeness (QED) is 0.746. The summed E-state index contributed by atoms with van der Waals surface area (Å²) in [6.07, 6.45) is 1.41. The monoisotopic (exact) mass is 300 g/mol. The molecule has 0 amide bonds. The molecule has 0 bridgehead atoms. The maximum absolute atomic E-state index is 13.0. The fraction of sp³-hybridized carbons (Fsp3) is 0.125. The van der Waals surface area contributed by atoms with E-state index in [1.807, 2.05) is 0 Å². The van der Waals surface area contributed by atoms with Crippen LogP contribution in [-0.2, 0) is 0 Å². The van der Waals surface area contributed by atoms with Crippen molar-refractivity contribution in [3.05, 3.63) is 58.9 Å². The molecule has 6 heteroatoms. The van der Waals surface area contributed by atoms with Gasteiger partial charge in [-0.1, -0.05) is 0 Å². The smallest absolute Gasteiger partial charge is 0.265 e. The number of halogens is 1. The number of aromatic nitrogens is 2. The number of hydrogen-bond acceptors (Lipinski definition) is 4. The standard InChI is InChI=1S/C16H13FN2O3/c1-21-14-7-12-13(8-15(14)22-2)18-9-19(16(12)20)11-5-3-10(17)4-6-11/h3-9H,1-2H3. The number of nitrogens with zero attached hydrogens (tertiary/aromatic N) is 2. The van der Waals surface area contributed by atoms with Crippen molar-refractivity contribution in [2.75, 3.05) is 14.2 Å². The zero-order chi connectivity index (χ0) is 15.7. The van der Waals surface area contributed by atoms with Crippen LogP contribution >= 0.6 is 0 Å². The number of methoxy groups -OCH3 is 2. The molecule has 22 heavy (non-hydrogen) atoms. The highest BCUT2D eigenvalue weighted by Gasteiger charge is 2.11. The van der Waals surface area contributed by atoms with Crippen LogP contribution in [0.3, 0.4) is 0 Å². The van der Waals surface area contributed by atoms with Crippen LogP contribution in [0.4, 0.5) is 4.39 Å². The molecule has 2 aromatic carbocycles. The van der Waals surface area contributed by atoms with E-state index in [1.54, 1.807) is 12.1 Å². The van der Waals surface area contributed by atoms with Gasteiger partial charge in [-0.2, -0.15) is 0 Å². The molecule has 0 fully saturated rings. The van der Waals surface area contributed by atoms with Gasteiger partial charge in [0.15, 0.2) is 11.5 Å². The highest BCUT2D eigenvalue weighted by Crippen LogP contribution is 2.29.